The minimum atomic E-state index is -0.0291. The first-order chi connectivity index (χ1) is 6.06. The van der Waals surface area contributed by atoms with Gasteiger partial charge < -0.3 is 5.11 Å². The minimum absolute atomic E-state index is 0.0291. The highest BCUT2D eigenvalue weighted by atomic mass is 16.3. The van der Waals surface area contributed by atoms with Gasteiger partial charge >= 0.3 is 0 Å². The van der Waals surface area contributed by atoms with Crippen molar-refractivity contribution >= 4 is 0 Å². The fourth-order valence-corrected chi connectivity index (χ4v) is 1.41. The summed E-state index contributed by atoms with van der Waals surface area (Å²) in [6, 6.07) is 3.85. The van der Waals surface area contributed by atoms with Crippen LogP contribution in [0.1, 0.15) is 29.7 Å². The zero-order valence-electron chi connectivity index (χ0n) is 8.26. The first-order valence-electron chi connectivity index (χ1n) is 4.32. The fourth-order valence-electron chi connectivity index (χ4n) is 1.41. The van der Waals surface area contributed by atoms with Crippen LogP contribution in [0.2, 0.25) is 0 Å². The average molecular weight is 180 g/mol. The molecule has 0 aliphatic heterocycles. The van der Waals surface area contributed by atoms with Gasteiger partial charge in [0.25, 0.3) is 0 Å². The molecule has 0 saturated carbocycles. The van der Waals surface area contributed by atoms with Crippen molar-refractivity contribution in [3.8, 4) is 5.75 Å². The third-order valence-corrected chi connectivity index (χ3v) is 2.19. The molecular weight excluding hydrogens is 164 g/mol. The lowest BCUT2D eigenvalue weighted by Crippen LogP contribution is -2.25. The van der Waals surface area contributed by atoms with Crippen molar-refractivity contribution < 1.29 is 5.11 Å². The summed E-state index contributed by atoms with van der Waals surface area (Å²) in [7, 11) is 0. The van der Waals surface area contributed by atoms with Crippen molar-refractivity contribution in [1.82, 2.24) is 5.43 Å². The van der Waals surface area contributed by atoms with Crippen LogP contribution in [0.5, 0.6) is 5.75 Å². The molecule has 3 nitrogen and oxygen atoms in total. The zero-order valence-corrected chi connectivity index (χ0v) is 8.26. The predicted octanol–water partition coefficient (Wildman–Crippen LogP) is 1.53. The van der Waals surface area contributed by atoms with Gasteiger partial charge in [0.1, 0.15) is 5.75 Å². The summed E-state index contributed by atoms with van der Waals surface area (Å²) in [6.07, 6.45) is 0. The highest BCUT2D eigenvalue weighted by molar-refractivity contribution is 5.44. The predicted molar refractivity (Wildman–Crippen MR) is 53.3 cm³/mol. The van der Waals surface area contributed by atoms with E-state index in [4.69, 9.17) is 5.84 Å². The van der Waals surface area contributed by atoms with Crippen molar-refractivity contribution in [2.45, 2.75) is 26.8 Å². The molecule has 1 aromatic rings. The Morgan fingerprint density at radius 2 is 2.00 bits per heavy atom. The normalized spacial score (nSPS) is 12.9. The van der Waals surface area contributed by atoms with Gasteiger partial charge in [-0.15, -0.1) is 0 Å². The van der Waals surface area contributed by atoms with E-state index in [0.29, 0.717) is 5.75 Å². The molecule has 0 heterocycles. The van der Waals surface area contributed by atoms with E-state index < -0.39 is 0 Å². The van der Waals surface area contributed by atoms with Crippen LogP contribution in [0.15, 0.2) is 12.1 Å². The van der Waals surface area contributed by atoms with Gasteiger partial charge in [0.2, 0.25) is 0 Å². The molecule has 0 fully saturated rings. The summed E-state index contributed by atoms with van der Waals surface area (Å²) in [5.74, 6) is 5.64. The Balaban J connectivity index is 3.20. The number of phenols is 1. The van der Waals surface area contributed by atoms with E-state index in [1.807, 2.05) is 32.9 Å². The molecule has 0 aliphatic carbocycles. The Hall–Kier alpha value is -1.06. The Morgan fingerprint density at radius 3 is 2.54 bits per heavy atom. The van der Waals surface area contributed by atoms with Crippen LogP contribution >= 0.6 is 0 Å². The molecule has 72 valence electrons. The summed E-state index contributed by atoms with van der Waals surface area (Å²) < 4.78 is 0. The average Bonchev–Trinajstić information content (AvgIpc) is 2.10. The molecule has 4 N–H and O–H groups in total. The van der Waals surface area contributed by atoms with Gasteiger partial charge in [-0.3, -0.25) is 11.3 Å². The summed E-state index contributed by atoms with van der Waals surface area (Å²) in [4.78, 5) is 0. The van der Waals surface area contributed by atoms with E-state index in [0.717, 1.165) is 16.7 Å². The topological polar surface area (TPSA) is 58.3 Å². The molecule has 0 bridgehead atoms. The van der Waals surface area contributed by atoms with E-state index in [1.54, 1.807) is 0 Å². The van der Waals surface area contributed by atoms with Crippen molar-refractivity contribution in [3.63, 3.8) is 0 Å². The van der Waals surface area contributed by atoms with Crippen LogP contribution in [0.4, 0.5) is 0 Å². The number of rotatable bonds is 2. The molecule has 0 saturated heterocycles. The molecule has 1 rings (SSSR count). The monoisotopic (exact) mass is 180 g/mol. The molecule has 1 unspecified atom stereocenters. The standard InChI is InChI=1S/C10H16N2O/c1-6-4-7(2)10(13)9(5-6)8(3)12-11/h4-5,8,12-13H,11H2,1-3H3. The van der Waals surface area contributed by atoms with Gasteiger partial charge in [0, 0.05) is 11.6 Å². The smallest absolute Gasteiger partial charge is 0.123 e. The molecule has 1 aromatic carbocycles. The second kappa shape index (κ2) is 3.77. The number of aryl methyl sites for hydroxylation is 2. The van der Waals surface area contributed by atoms with Gasteiger partial charge in [-0.05, 0) is 26.3 Å². The minimum Gasteiger partial charge on any atom is -0.507 e. The molecule has 13 heavy (non-hydrogen) atoms. The highest BCUT2D eigenvalue weighted by Gasteiger charge is 2.10. The maximum Gasteiger partial charge on any atom is 0.123 e. The number of benzene rings is 1. The molecule has 0 spiro atoms. The zero-order chi connectivity index (χ0) is 10.0. The van der Waals surface area contributed by atoms with Crippen LogP contribution < -0.4 is 11.3 Å². The largest absolute Gasteiger partial charge is 0.507 e. The molecular formula is C10H16N2O. The second-order valence-electron chi connectivity index (χ2n) is 3.41. The second-order valence-corrected chi connectivity index (χ2v) is 3.41. The number of nitrogens with two attached hydrogens (primary N) is 1. The molecule has 3 heteroatoms. The van der Waals surface area contributed by atoms with Crippen LogP contribution in [-0.2, 0) is 0 Å². The molecule has 0 radical (unpaired) electrons. The Kier molecular flexibility index (Phi) is 2.90. The quantitative estimate of drug-likeness (QED) is 0.478. The van der Waals surface area contributed by atoms with Gasteiger partial charge in [0.05, 0.1) is 0 Å². The number of hydrogen-bond donors (Lipinski definition) is 3. The number of aromatic hydroxyl groups is 1. The van der Waals surface area contributed by atoms with E-state index in [1.165, 1.54) is 0 Å². The lowest BCUT2D eigenvalue weighted by Gasteiger charge is -2.14. The molecule has 0 aromatic heterocycles. The fraction of sp³-hybridized carbons (Fsp3) is 0.400. The number of hydrazine groups is 1. The van der Waals surface area contributed by atoms with E-state index in [9.17, 15) is 5.11 Å². The summed E-state index contributed by atoms with van der Waals surface area (Å²) in [5, 5.41) is 9.73. The van der Waals surface area contributed by atoms with Gasteiger partial charge in [-0.2, -0.15) is 0 Å². The van der Waals surface area contributed by atoms with Crippen molar-refractivity contribution in [2.24, 2.45) is 5.84 Å². The van der Waals surface area contributed by atoms with Crippen LogP contribution in [-0.4, -0.2) is 5.11 Å². The SMILES string of the molecule is Cc1cc(C)c(O)c(C(C)NN)c1. The summed E-state index contributed by atoms with van der Waals surface area (Å²) >= 11 is 0. The van der Waals surface area contributed by atoms with Crippen LogP contribution in [0, 0.1) is 13.8 Å². The Bertz CT molecular complexity index is 310. The number of phenolic OH excluding ortho intramolecular Hbond substituents is 1. The van der Waals surface area contributed by atoms with Crippen molar-refractivity contribution in [2.75, 3.05) is 0 Å². The number of nitrogens with one attached hydrogen (secondary N) is 1. The van der Waals surface area contributed by atoms with Crippen molar-refractivity contribution in [1.29, 1.82) is 0 Å². The first-order valence-corrected chi connectivity index (χ1v) is 4.32. The third kappa shape index (κ3) is 1.99. The van der Waals surface area contributed by atoms with Crippen LogP contribution in [0.25, 0.3) is 0 Å². The van der Waals surface area contributed by atoms with E-state index in [2.05, 4.69) is 5.43 Å². The highest BCUT2D eigenvalue weighted by Crippen LogP contribution is 2.28. The van der Waals surface area contributed by atoms with E-state index >= 15 is 0 Å². The lowest BCUT2D eigenvalue weighted by atomic mass is 10.0. The van der Waals surface area contributed by atoms with Crippen molar-refractivity contribution in [3.05, 3.63) is 28.8 Å². The van der Waals surface area contributed by atoms with Gasteiger partial charge in [0.15, 0.2) is 0 Å². The third-order valence-electron chi connectivity index (χ3n) is 2.19. The molecule has 1 atom stereocenters. The maximum absolute atomic E-state index is 9.73. The Morgan fingerprint density at radius 1 is 1.38 bits per heavy atom. The first kappa shape index (κ1) is 10.0. The molecule has 0 aliphatic rings. The number of hydrogen-bond acceptors (Lipinski definition) is 3. The summed E-state index contributed by atoms with van der Waals surface area (Å²) in [5.41, 5.74) is 5.48. The Labute approximate surface area is 78.5 Å². The summed E-state index contributed by atoms with van der Waals surface area (Å²) in [6.45, 7) is 5.79. The molecule has 0 amide bonds. The van der Waals surface area contributed by atoms with Gasteiger partial charge in [-0.25, -0.2) is 0 Å². The van der Waals surface area contributed by atoms with E-state index in [-0.39, 0.29) is 6.04 Å². The lowest BCUT2D eigenvalue weighted by molar-refractivity contribution is 0.450. The van der Waals surface area contributed by atoms with Crippen LogP contribution in [0.3, 0.4) is 0 Å². The van der Waals surface area contributed by atoms with Gasteiger partial charge in [-0.1, -0.05) is 17.7 Å². The maximum atomic E-state index is 9.73.